The largest absolute Gasteiger partial charge is 0.353 e. The number of hydrogen-bond acceptors (Lipinski definition) is 4. The van der Waals surface area contributed by atoms with Crippen LogP contribution in [0.3, 0.4) is 0 Å². The van der Waals surface area contributed by atoms with Crippen LogP contribution >= 0.6 is 0 Å². The molecule has 1 atom stereocenters. The summed E-state index contributed by atoms with van der Waals surface area (Å²) in [6.45, 7) is 3.86. The summed E-state index contributed by atoms with van der Waals surface area (Å²) in [4.78, 5) is 10.9. The number of aryl methyl sites for hydroxylation is 1. The lowest BCUT2D eigenvalue weighted by Crippen LogP contribution is -2.41. The third kappa shape index (κ3) is 2.50. The van der Waals surface area contributed by atoms with E-state index in [-0.39, 0.29) is 0 Å². The van der Waals surface area contributed by atoms with E-state index in [1.807, 2.05) is 6.92 Å². The highest BCUT2D eigenvalue weighted by atomic mass is 15.2. The maximum atomic E-state index is 5.67. The van der Waals surface area contributed by atoms with Crippen molar-refractivity contribution in [1.82, 2.24) is 9.97 Å². The maximum absolute atomic E-state index is 5.67. The summed E-state index contributed by atoms with van der Waals surface area (Å²) in [5.74, 6) is 1.06. The summed E-state index contributed by atoms with van der Waals surface area (Å²) < 4.78 is 0. The van der Waals surface area contributed by atoms with Gasteiger partial charge < -0.3 is 10.6 Å². The summed E-state index contributed by atoms with van der Waals surface area (Å²) in [5, 5.41) is 0. The molecule has 1 aromatic heterocycles. The van der Waals surface area contributed by atoms with Gasteiger partial charge in [-0.1, -0.05) is 0 Å². The number of anilines is 1. The highest BCUT2D eigenvalue weighted by Gasteiger charge is 2.22. The minimum Gasteiger partial charge on any atom is -0.353 e. The van der Waals surface area contributed by atoms with Crippen molar-refractivity contribution in [3.63, 3.8) is 0 Å². The Bertz CT molecular complexity index is 338. The molecule has 2 rings (SSSR count). The van der Waals surface area contributed by atoms with Crippen molar-refractivity contribution in [2.75, 3.05) is 18.0 Å². The first-order valence-electron chi connectivity index (χ1n) is 6.06. The number of nitrogens with zero attached hydrogens (tertiary/aromatic N) is 3. The second kappa shape index (κ2) is 5.25. The average Bonchev–Trinajstić information content (AvgIpc) is 2.30. The minimum absolute atomic E-state index is 0.563. The molecule has 1 saturated heterocycles. The SMILES string of the molecule is Cc1cc(N2CCCCC2CCN)ncn1. The number of rotatable bonds is 3. The zero-order valence-electron chi connectivity index (χ0n) is 9.89. The lowest BCUT2D eigenvalue weighted by atomic mass is 9.99. The topological polar surface area (TPSA) is 55.0 Å². The zero-order chi connectivity index (χ0) is 11.4. The average molecular weight is 220 g/mol. The van der Waals surface area contributed by atoms with Crippen LogP contribution in [0.1, 0.15) is 31.4 Å². The fourth-order valence-corrected chi connectivity index (χ4v) is 2.39. The fourth-order valence-electron chi connectivity index (χ4n) is 2.39. The van der Waals surface area contributed by atoms with Gasteiger partial charge >= 0.3 is 0 Å². The van der Waals surface area contributed by atoms with E-state index in [9.17, 15) is 0 Å². The van der Waals surface area contributed by atoms with Gasteiger partial charge in [0.05, 0.1) is 0 Å². The van der Waals surface area contributed by atoms with Gasteiger partial charge in [-0.05, 0) is 39.2 Å². The Kier molecular flexibility index (Phi) is 3.72. The van der Waals surface area contributed by atoms with Crippen LogP contribution in [0.2, 0.25) is 0 Å². The Morgan fingerprint density at radius 2 is 2.31 bits per heavy atom. The molecule has 88 valence electrons. The molecule has 1 aliphatic heterocycles. The van der Waals surface area contributed by atoms with Gasteiger partial charge in [0.25, 0.3) is 0 Å². The van der Waals surface area contributed by atoms with E-state index in [1.54, 1.807) is 6.33 Å². The Hall–Kier alpha value is -1.16. The second-order valence-electron chi connectivity index (χ2n) is 4.44. The molecular weight excluding hydrogens is 200 g/mol. The van der Waals surface area contributed by atoms with Gasteiger partial charge in [0.15, 0.2) is 0 Å². The van der Waals surface area contributed by atoms with Gasteiger partial charge in [-0.15, -0.1) is 0 Å². The summed E-state index contributed by atoms with van der Waals surface area (Å²) in [6, 6.07) is 2.63. The van der Waals surface area contributed by atoms with Crippen molar-refractivity contribution in [2.45, 2.75) is 38.6 Å². The molecule has 1 aliphatic rings. The molecule has 0 amide bonds. The summed E-state index contributed by atoms with van der Waals surface area (Å²) >= 11 is 0. The van der Waals surface area contributed by atoms with Crippen LogP contribution < -0.4 is 10.6 Å². The predicted molar refractivity (Wildman–Crippen MR) is 65.4 cm³/mol. The molecule has 0 aromatic carbocycles. The van der Waals surface area contributed by atoms with Gasteiger partial charge in [0.2, 0.25) is 0 Å². The first kappa shape index (κ1) is 11.3. The smallest absolute Gasteiger partial charge is 0.132 e. The number of hydrogen-bond donors (Lipinski definition) is 1. The molecule has 0 aliphatic carbocycles. The molecule has 4 nitrogen and oxygen atoms in total. The molecular formula is C12H20N4. The van der Waals surface area contributed by atoms with E-state index in [1.165, 1.54) is 19.3 Å². The zero-order valence-corrected chi connectivity index (χ0v) is 9.89. The molecule has 1 fully saturated rings. The van der Waals surface area contributed by atoms with Crippen molar-refractivity contribution in [3.8, 4) is 0 Å². The third-order valence-corrected chi connectivity index (χ3v) is 3.21. The van der Waals surface area contributed by atoms with Crippen LogP contribution in [0.4, 0.5) is 5.82 Å². The Labute approximate surface area is 96.9 Å². The van der Waals surface area contributed by atoms with Gasteiger partial charge in [0.1, 0.15) is 12.1 Å². The standard InChI is InChI=1S/C12H20N4/c1-10-8-12(15-9-14-10)16-7-3-2-4-11(16)5-6-13/h8-9,11H,2-7,13H2,1H3. The van der Waals surface area contributed by atoms with Crippen LogP contribution in [0.5, 0.6) is 0 Å². The second-order valence-corrected chi connectivity index (χ2v) is 4.44. The van der Waals surface area contributed by atoms with E-state index in [0.29, 0.717) is 6.04 Å². The molecule has 0 bridgehead atoms. The van der Waals surface area contributed by atoms with Crippen LogP contribution in [-0.2, 0) is 0 Å². The Morgan fingerprint density at radius 3 is 3.06 bits per heavy atom. The van der Waals surface area contributed by atoms with Gasteiger partial charge in [-0.2, -0.15) is 0 Å². The highest BCUT2D eigenvalue weighted by Crippen LogP contribution is 2.24. The Balaban J connectivity index is 2.16. The fraction of sp³-hybridized carbons (Fsp3) is 0.667. The number of nitrogens with two attached hydrogens (primary N) is 1. The van der Waals surface area contributed by atoms with Crippen molar-refractivity contribution in [1.29, 1.82) is 0 Å². The summed E-state index contributed by atoms with van der Waals surface area (Å²) in [5.41, 5.74) is 6.70. The van der Waals surface area contributed by atoms with Crippen LogP contribution in [-0.4, -0.2) is 29.1 Å². The van der Waals surface area contributed by atoms with Crippen molar-refractivity contribution < 1.29 is 0 Å². The third-order valence-electron chi connectivity index (χ3n) is 3.21. The minimum atomic E-state index is 0.563. The quantitative estimate of drug-likeness (QED) is 0.838. The maximum Gasteiger partial charge on any atom is 0.132 e. The van der Waals surface area contributed by atoms with E-state index in [4.69, 9.17) is 5.73 Å². The van der Waals surface area contributed by atoms with Gasteiger partial charge in [0, 0.05) is 24.3 Å². The van der Waals surface area contributed by atoms with Crippen molar-refractivity contribution >= 4 is 5.82 Å². The first-order valence-corrected chi connectivity index (χ1v) is 6.06. The van der Waals surface area contributed by atoms with Crippen LogP contribution in [0.15, 0.2) is 12.4 Å². The summed E-state index contributed by atoms with van der Waals surface area (Å²) in [6.07, 6.45) is 6.51. The van der Waals surface area contributed by atoms with Crippen molar-refractivity contribution in [2.24, 2.45) is 5.73 Å². The van der Waals surface area contributed by atoms with Crippen molar-refractivity contribution in [3.05, 3.63) is 18.1 Å². The lowest BCUT2D eigenvalue weighted by Gasteiger charge is -2.36. The van der Waals surface area contributed by atoms with E-state index < -0.39 is 0 Å². The molecule has 2 heterocycles. The van der Waals surface area contributed by atoms with Crippen LogP contribution in [0.25, 0.3) is 0 Å². The molecule has 1 aromatic rings. The number of aromatic nitrogens is 2. The van der Waals surface area contributed by atoms with Gasteiger partial charge in [-0.3, -0.25) is 0 Å². The molecule has 0 radical (unpaired) electrons. The molecule has 0 saturated carbocycles. The molecule has 16 heavy (non-hydrogen) atoms. The van der Waals surface area contributed by atoms with Crippen LogP contribution in [0, 0.1) is 6.92 Å². The normalized spacial score (nSPS) is 21.1. The first-order chi connectivity index (χ1) is 7.81. The lowest BCUT2D eigenvalue weighted by molar-refractivity contribution is 0.438. The Morgan fingerprint density at radius 1 is 1.44 bits per heavy atom. The molecule has 2 N–H and O–H groups in total. The molecule has 4 heteroatoms. The summed E-state index contributed by atoms with van der Waals surface area (Å²) in [7, 11) is 0. The predicted octanol–water partition coefficient (Wildman–Crippen LogP) is 1.49. The molecule has 1 unspecified atom stereocenters. The monoisotopic (exact) mass is 220 g/mol. The van der Waals surface area contributed by atoms with E-state index in [2.05, 4.69) is 20.9 Å². The van der Waals surface area contributed by atoms with Gasteiger partial charge in [-0.25, -0.2) is 9.97 Å². The highest BCUT2D eigenvalue weighted by molar-refractivity contribution is 5.40. The molecule has 0 spiro atoms. The van der Waals surface area contributed by atoms with E-state index >= 15 is 0 Å². The van der Waals surface area contributed by atoms with E-state index in [0.717, 1.165) is 31.0 Å². The number of piperidine rings is 1.